The van der Waals surface area contributed by atoms with E-state index in [9.17, 15) is 23.1 Å². The van der Waals surface area contributed by atoms with E-state index in [1.165, 1.54) is 17.4 Å². The third-order valence-corrected chi connectivity index (χ3v) is 6.60. The van der Waals surface area contributed by atoms with Crippen molar-refractivity contribution in [1.82, 2.24) is 5.16 Å². The van der Waals surface area contributed by atoms with Crippen molar-refractivity contribution in [3.05, 3.63) is 39.9 Å². The van der Waals surface area contributed by atoms with E-state index in [4.69, 9.17) is 10.3 Å². The summed E-state index contributed by atoms with van der Waals surface area (Å²) < 4.78 is 31.4. The van der Waals surface area contributed by atoms with Gasteiger partial charge in [-0.1, -0.05) is 18.1 Å². The first-order valence-corrected chi connectivity index (χ1v) is 11.2. The van der Waals surface area contributed by atoms with Gasteiger partial charge in [-0.25, -0.2) is 17.9 Å². The van der Waals surface area contributed by atoms with Crippen molar-refractivity contribution >= 4 is 50.5 Å². The Morgan fingerprint density at radius 1 is 1.32 bits per heavy atom. The number of carbonyl (C=O) groups is 2. The first-order chi connectivity index (χ1) is 13.3. The molecule has 0 aliphatic carbocycles. The number of hydrogen-bond donors (Lipinski definition) is 3. The van der Waals surface area contributed by atoms with Crippen LogP contribution in [0.15, 0.2) is 43.1 Å². The summed E-state index contributed by atoms with van der Waals surface area (Å²) in [6.45, 7) is 1.92. The standard InChI is InChI=1S/C12H8N2O5S3.C4H9NO/c15-12(16)9-10(7-3-5-20-6-7)13-19-11(9)14-22(17,18)8-2-1-4-21-8;1-2-3-4(5)6/h1-6,14H,(H,15,16);2-3H2,1H3,(H2,5,6). The van der Waals surface area contributed by atoms with Gasteiger partial charge in [-0.15, -0.1) is 11.3 Å². The Morgan fingerprint density at radius 3 is 2.54 bits per heavy atom. The predicted molar refractivity (Wildman–Crippen MR) is 106 cm³/mol. The van der Waals surface area contributed by atoms with E-state index in [0.29, 0.717) is 12.0 Å². The van der Waals surface area contributed by atoms with Crippen molar-refractivity contribution < 1.29 is 27.6 Å². The number of primary amides is 1. The van der Waals surface area contributed by atoms with Crippen molar-refractivity contribution in [3.63, 3.8) is 0 Å². The van der Waals surface area contributed by atoms with Crippen molar-refractivity contribution in [3.8, 4) is 11.3 Å². The Hall–Kier alpha value is -2.70. The number of nitrogens with one attached hydrogen (secondary N) is 1. The zero-order valence-corrected chi connectivity index (χ0v) is 17.1. The molecule has 0 radical (unpaired) electrons. The molecule has 0 aliphatic rings. The van der Waals surface area contributed by atoms with Crippen LogP contribution in [0, 0.1) is 0 Å². The summed E-state index contributed by atoms with van der Waals surface area (Å²) in [4.78, 5) is 21.3. The zero-order chi connectivity index (χ0) is 20.7. The molecule has 0 saturated heterocycles. The van der Waals surface area contributed by atoms with Crippen LogP contribution in [0.3, 0.4) is 0 Å². The molecule has 3 aromatic heterocycles. The smallest absolute Gasteiger partial charge is 0.343 e. The average Bonchev–Trinajstić information content (AvgIpc) is 3.36. The lowest BCUT2D eigenvalue weighted by molar-refractivity contribution is -0.118. The van der Waals surface area contributed by atoms with Gasteiger partial charge in [0.05, 0.1) is 0 Å². The number of hydrogen-bond acceptors (Lipinski definition) is 8. The number of anilines is 1. The van der Waals surface area contributed by atoms with Crippen molar-refractivity contribution in [2.75, 3.05) is 4.72 Å². The van der Waals surface area contributed by atoms with Gasteiger partial charge in [0, 0.05) is 17.4 Å². The molecule has 0 saturated carbocycles. The Balaban J connectivity index is 0.000000409. The molecule has 0 bridgehead atoms. The Kier molecular flexibility index (Phi) is 7.31. The summed E-state index contributed by atoms with van der Waals surface area (Å²) in [6.07, 6.45) is 1.37. The normalized spacial score (nSPS) is 10.8. The highest BCUT2D eigenvalue weighted by molar-refractivity contribution is 7.94. The van der Waals surface area contributed by atoms with Crippen molar-refractivity contribution in [2.24, 2.45) is 5.73 Å². The fourth-order valence-electron chi connectivity index (χ4n) is 1.99. The molecule has 28 heavy (non-hydrogen) atoms. The fourth-order valence-corrected chi connectivity index (χ4v) is 4.62. The lowest BCUT2D eigenvalue weighted by Crippen LogP contribution is -2.13. The van der Waals surface area contributed by atoms with Crippen LogP contribution in [0.4, 0.5) is 5.88 Å². The number of nitrogens with two attached hydrogens (primary N) is 1. The van der Waals surface area contributed by atoms with E-state index in [-0.39, 0.29) is 21.4 Å². The van der Waals surface area contributed by atoms with E-state index in [2.05, 4.69) is 9.88 Å². The molecule has 0 spiro atoms. The number of carboxylic acid groups (broad SMARTS) is 1. The number of amides is 1. The number of aromatic nitrogens is 1. The average molecular weight is 444 g/mol. The van der Waals surface area contributed by atoms with E-state index in [1.807, 2.05) is 6.92 Å². The second-order valence-electron chi connectivity index (χ2n) is 5.31. The first kappa shape index (κ1) is 21.6. The van der Waals surface area contributed by atoms with Gasteiger partial charge in [0.2, 0.25) is 5.91 Å². The summed E-state index contributed by atoms with van der Waals surface area (Å²) in [5.74, 6) is -1.95. The highest BCUT2D eigenvalue weighted by Crippen LogP contribution is 2.32. The fraction of sp³-hybridized carbons (Fsp3) is 0.188. The Bertz CT molecular complexity index is 1020. The lowest BCUT2D eigenvalue weighted by Gasteiger charge is -2.03. The van der Waals surface area contributed by atoms with Gasteiger partial charge in [0.15, 0.2) is 5.56 Å². The molecule has 0 fully saturated rings. The maximum absolute atomic E-state index is 12.2. The van der Waals surface area contributed by atoms with Gasteiger partial charge in [-0.2, -0.15) is 11.3 Å². The van der Waals surface area contributed by atoms with Gasteiger partial charge >= 0.3 is 5.97 Å². The number of sulfonamides is 1. The quantitative estimate of drug-likeness (QED) is 0.506. The van der Waals surface area contributed by atoms with Gasteiger partial charge in [-0.3, -0.25) is 4.79 Å². The number of carbonyl (C=O) groups excluding carboxylic acids is 1. The maximum atomic E-state index is 12.2. The second-order valence-corrected chi connectivity index (χ2v) is 8.94. The molecule has 12 heteroatoms. The van der Waals surface area contributed by atoms with Crippen LogP contribution in [0.2, 0.25) is 0 Å². The summed E-state index contributed by atoms with van der Waals surface area (Å²) in [6, 6.07) is 4.66. The molecule has 1 amide bonds. The SMILES string of the molecule is CCCC(N)=O.O=C(O)c1c(-c2ccsc2)noc1NS(=O)(=O)c1cccs1. The van der Waals surface area contributed by atoms with Crippen LogP contribution >= 0.6 is 22.7 Å². The summed E-state index contributed by atoms with van der Waals surface area (Å²) in [7, 11) is -3.91. The summed E-state index contributed by atoms with van der Waals surface area (Å²) in [5, 5.41) is 18.1. The van der Waals surface area contributed by atoms with Gasteiger partial charge in [0.25, 0.3) is 15.9 Å². The molecule has 150 valence electrons. The summed E-state index contributed by atoms with van der Waals surface area (Å²) in [5.41, 5.74) is 5.07. The molecule has 3 aromatic rings. The van der Waals surface area contributed by atoms with Crippen molar-refractivity contribution in [2.45, 2.75) is 24.0 Å². The highest BCUT2D eigenvalue weighted by Gasteiger charge is 2.28. The third-order valence-electron chi connectivity index (χ3n) is 3.18. The molecule has 0 aliphatic heterocycles. The largest absolute Gasteiger partial charge is 0.477 e. The van der Waals surface area contributed by atoms with Crippen LogP contribution in [-0.2, 0) is 14.8 Å². The minimum Gasteiger partial charge on any atom is -0.477 e. The zero-order valence-electron chi connectivity index (χ0n) is 14.6. The number of thiophene rings is 2. The van der Waals surface area contributed by atoms with Gasteiger partial charge in [0.1, 0.15) is 9.90 Å². The number of nitrogens with zero attached hydrogens (tertiary/aromatic N) is 1. The van der Waals surface area contributed by atoms with Crippen molar-refractivity contribution in [1.29, 1.82) is 0 Å². The van der Waals surface area contributed by atoms with Crippen LogP contribution < -0.4 is 10.5 Å². The number of carboxylic acids is 1. The Morgan fingerprint density at radius 2 is 2.07 bits per heavy atom. The van der Waals surface area contributed by atoms with Gasteiger partial charge < -0.3 is 15.4 Å². The van der Waals surface area contributed by atoms with Crippen LogP contribution in [0.25, 0.3) is 11.3 Å². The molecule has 3 heterocycles. The topological polar surface area (TPSA) is 153 Å². The Labute approximate surface area is 168 Å². The molecular weight excluding hydrogens is 426 g/mol. The molecule has 4 N–H and O–H groups in total. The molecule has 9 nitrogen and oxygen atoms in total. The lowest BCUT2D eigenvalue weighted by atomic mass is 10.1. The van der Waals surface area contributed by atoms with Gasteiger partial charge in [-0.05, 0) is 29.3 Å². The number of aromatic carboxylic acids is 1. The molecule has 3 rings (SSSR count). The van der Waals surface area contributed by atoms with Crippen LogP contribution in [-0.4, -0.2) is 30.6 Å². The minimum absolute atomic E-state index is 0.0531. The molecular formula is C16H17N3O6S3. The van der Waals surface area contributed by atoms with E-state index in [1.54, 1.807) is 28.3 Å². The highest BCUT2D eigenvalue weighted by atomic mass is 32.2. The van der Waals surface area contributed by atoms with Crippen LogP contribution in [0.5, 0.6) is 0 Å². The van der Waals surface area contributed by atoms with E-state index >= 15 is 0 Å². The minimum atomic E-state index is -3.91. The molecule has 0 atom stereocenters. The van der Waals surface area contributed by atoms with Crippen LogP contribution in [0.1, 0.15) is 30.1 Å². The number of rotatable bonds is 7. The summed E-state index contributed by atoms with van der Waals surface area (Å²) >= 11 is 2.37. The molecule has 0 aromatic carbocycles. The maximum Gasteiger partial charge on any atom is 0.343 e. The third kappa shape index (κ3) is 5.41. The first-order valence-electron chi connectivity index (χ1n) is 7.86. The monoisotopic (exact) mass is 443 g/mol. The van der Waals surface area contributed by atoms with E-state index in [0.717, 1.165) is 17.8 Å². The predicted octanol–water partition coefficient (Wildman–Crippen LogP) is 3.24. The van der Waals surface area contributed by atoms with E-state index < -0.39 is 21.9 Å². The second kappa shape index (κ2) is 9.48. The molecule has 0 unspecified atom stereocenters.